The number of hydrogen-bond acceptors (Lipinski definition) is 3. The van der Waals surface area contributed by atoms with Crippen molar-refractivity contribution in [3.05, 3.63) is 30.3 Å². The Hall–Kier alpha value is -1.77. The lowest BCUT2D eigenvalue weighted by Crippen LogP contribution is -2.35. The molecule has 0 bridgehead atoms. The van der Waals surface area contributed by atoms with Crippen molar-refractivity contribution in [2.24, 2.45) is 11.8 Å². The van der Waals surface area contributed by atoms with E-state index >= 15 is 0 Å². The Balaban J connectivity index is 1.71. The van der Waals surface area contributed by atoms with Crippen molar-refractivity contribution >= 4 is 22.4 Å². The van der Waals surface area contributed by atoms with Gasteiger partial charge in [0.25, 0.3) is 0 Å². The number of anilines is 2. The number of hydrogen-bond donors (Lipinski definition) is 0. The summed E-state index contributed by atoms with van der Waals surface area (Å²) in [4.78, 5) is 10.1. The maximum Gasteiger partial charge on any atom is 0.131 e. The SMILES string of the molecule is CC1CCN(c2cc(N3CCC(C)CC3)c3ccccc3n2)CC1. The van der Waals surface area contributed by atoms with Gasteiger partial charge < -0.3 is 9.80 Å². The van der Waals surface area contributed by atoms with E-state index in [0.717, 1.165) is 30.4 Å². The molecule has 0 N–H and O–H groups in total. The van der Waals surface area contributed by atoms with Crippen LogP contribution in [0.25, 0.3) is 10.9 Å². The first kappa shape index (κ1) is 15.7. The van der Waals surface area contributed by atoms with Gasteiger partial charge in [-0.05, 0) is 43.6 Å². The molecule has 4 rings (SSSR count). The van der Waals surface area contributed by atoms with Crippen LogP contribution in [0, 0.1) is 11.8 Å². The Morgan fingerprint density at radius 1 is 0.833 bits per heavy atom. The van der Waals surface area contributed by atoms with Crippen LogP contribution in [0.5, 0.6) is 0 Å². The topological polar surface area (TPSA) is 19.4 Å². The molecule has 0 saturated carbocycles. The third kappa shape index (κ3) is 3.09. The summed E-state index contributed by atoms with van der Waals surface area (Å²) >= 11 is 0. The van der Waals surface area contributed by atoms with Gasteiger partial charge in [0.15, 0.2) is 0 Å². The summed E-state index contributed by atoms with van der Waals surface area (Å²) in [5.74, 6) is 2.89. The lowest BCUT2D eigenvalue weighted by atomic mass is 9.98. The third-order valence-electron chi connectivity index (χ3n) is 5.91. The highest BCUT2D eigenvalue weighted by molar-refractivity contribution is 5.93. The van der Waals surface area contributed by atoms with E-state index in [2.05, 4.69) is 54.0 Å². The molecular formula is C21H29N3. The summed E-state index contributed by atoms with van der Waals surface area (Å²) in [6.45, 7) is 9.37. The van der Waals surface area contributed by atoms with E-state index in [1.165, 1.54) is 55.7 Å². The number of pyridine rings is 1. The van der Waals surface area contributed by atoms with Gasteiger partial charge in [-0.15, -0.1) is 0 Å². The van der Waals surface area contributed by atoms with Crippen molar-refractivity contribution in [2.75, 3.05) is 36.0 Å². The molecule has 24 heavy (non-hydrogen) atoms. The Morgan fingerprint density at radius 3 is 2.08 bits per heavy atom. The van der Waals surface area contributed by atoms with Gasteiger partial charge in [-0.3, -0.25) is 0 Å². The van der Waals surface area contributed by atoms with Crippen molar-refractivity contribution in [1.82, 2.24) is 4.98 Å². The molecule has 2 aliphatic rings. The minimum atomic E-state index is 0.852. The van der Waals surface area contributed by atoms with Crippen molar-refractivity contribution in [2.45, 2.75) is 39.5 Å². The fourth-order valence-electron chi connectivity index (χ4n) is 4.05. The Kier molecular flexibility index (Phi) is 4.34. The number of para-hydroxylation sites is 1. The zero-order valence-corrected chi connectivity index (χ0v) is 15.0. The molecule has 0 atom stereocenters. The predicted octanol–water partition coefficient (Wildman–Crippen LogP) is 4.71. The maximum absolute atomic E-state index is 4.99. The van der Waals surface area contributed by atoms with Gasteiger partial charge in [0.2, 0.25) is 0 Å². The van der Waals surface area contributed by atoms with E-state index in [0.29, 0.717) is 0 Å². The number of benzene rings is 1. The smallest absolute Gasteiger partial charge is 0.131 e. The van der Waals surface area contributed by atoms with E-state index in [4.69, 9.17) is 4.98 Å². The van der Waals surface area contributed by atoms with Crippen LogP contribution in [-0.2, 0) is 0 Å². The molecule has 2 saturated heterocycles. The van der Waals surface area contributed by atoms with Gasteiger partial charge in [0.05, 0.1) is 5.52 Å². The fourth-order valence-corrected chi connectivity index (χ4v) is 4.05. The van der Waals surface area contributed by atoms with Crippen molar-refractivity contribution in [3.63, 3.8) is 0 Å². The van der Waals surface area contributed by atoms with Crippen molar-refractivity contribution in [1.29, 1.82) is 0 Å². The summed E-state index contributed by atoms with van der Waals surface area (Å²) < 4.78 is 0. The molecule has 2 aliphatic heterocycles. The molecule has 2 aromatic rings. The molecule has 0 spiro atoms. The van der Waals surface area contributed by atoms with Crippen molar-refractivity contribution in [3.8, 4) is 0 Å². The Bertz CT molecular complexity index is 695. The van der Waals surface area contributed by atoms with E-state index in [-0.39, 0.29) is 0 Å². The third-order valence-corrected chi connectivity index (χ3v) is 5.91. The molecular weight excluding hydrogens is 294 g/mol. The van der Waals surface area contributed by atoms with Crippen LogP contribution in [0.15, 0.2) is 30.3 Å². The Morgan fingerprint density at radius 2 is 1.42 bits per heavy atom. The van der Waals surface area contributed by atoms with E-state index < -0.39 is 0 Å². The van der Waals surface area contributed by atoms with Gasteiger partial charge in [0, 0.05) is 43.3 Å². The standard InChI is InChI=1S/C21H29N3/c1-16-7-11-23(12-8-16)20-15-21(24-13-9-17(2)10-14-24)22-19-6-4-3-5-18(19)20/h3-6,15-17H,7-14H2,1-2H3. The molecule has 0 amide bonds. The van der Waals surface area contributed by atoms with Gasteiger partial charge in [-0.1, -0.05) is 32.0 Å². The zero-order valence-electron chi connectivity index (χ0n) is 15.0. The lowest BCUT2D eigenvalue weighted by Gasteiger charge is -2.35. The van der Waals surface area contributed by atoms with Crippen LogP contribution in [0.4, 0.5) is 11.5 Å². The van der Waals surface area contributed by atoms with E-state index in [1.54, 1.807) is 0 Å². The monoisotopic (exact) mass is 323 g/mol. The molecule has 1 aromatic carbocycles. The molecule has 0 radical (unpaired) electrons. The number of piperidine rings is 2. The van der Waals surface area contributed by atoms with Gasteiger partial charge in [0.1, 0.15) is 5.82 Å². The predicted molar refractivity (Wildman–Crippen MR) is 103 cm³/mol. The zero-order chi connectivity index (χ0) is 16.5. The van der Waals surface area contributed by atoms with Gasteiger partial charge >= 0.3 is 0 Å². The second-order valence-electron chi connectivity index (χ2n) is 7.86. The summed E-state index contributed by atoms with van der Waals surface area (Å²) in [5, 5.41) is 1.31. The van der Waals surface area contributed by atoms with E-state index in [1.807, 2.05) is 0 Å². The largest absolute Gasteiger partial charge is 0.371 e. The average molecular weight is 323 g/mol. The summed E-state index contributed by atoms with van der Waals surface area (Å²) in [6.07, 6.45) is 5.16. The highest BCUT2D eigenvalue weighted by Crippen LogP contribution is 2.33. The first-order valence-electron chi connectivity index (χ1n) is 9.60. The van der Waals surface area contributed by atoms with Crippen LogP contribution in [0.1, 0.15) is 39.5 Å². The number of fused-ring (bicyclic) bond motifs is 1. The first-order valence-corrected chi connectivity index (χ1v) is 9.60. The summed E-state index contributed by atoms with van der Waals surface area (Å²) in [7, 11) is 0. The second kappa shape index (κ2) is 6.62. The van der Waals surface area contributed by atoms with Crippen molar-refractivity contribution < 1.29 is 0 Å². The van der Waals surface area contributed by atoms with Crippen LogP contribution in [-0.4, -0.2) is 31.2 Å². The van der Waals surface area contributed by atoms with Crippen LogP contribution < -0.4 is 9.80 Å². The van der Waals surface area contributed by atoms with Gasteiger partial charge in [-0.25, -0.2) is 4.98 Å². The highest BCUT2D eigenvalue weighted by atomic mass is 15.2. The summed E-state index contributed by atoms with van der Waals surface area (Å²) in [5.41, 5.74) is 2.53. The number of aromatic nitrogens is 1. The molecule has 3 heteroatoms. The second-order valence-corrected chi connectivity index (χ2v) is 7.86. The van der Waals surface area contributed by atoms with Crippen LogP contribution >= 0.6 is 0 Å². The molecule has 1 aromatic heterocycles. The molecule has 128 valence electrons. The lowest BCUT2D eigenvalue weighted by molar-refractivity contribution is 0.435. The first-order chi connectivity index (χ1) is 11.7. The number of nitrogens with zero attached hydrogens (tertiary/aromatic N) is 3. The molecule has 0 aliphatic carbocycles. The van der Waals surface area contributed by atoms with Crippen LogP contribution in [0.3, 0.4) is 0 Å². The van der Waals surface area contributed by atoms with E-state index in [9.17, 15) is 0 Å². The highest BCUT2D eigenvalue weighted by Gasteiger charge is 2.22. The Labute approximate surface area is 145 Å². The number of rotatable bonds is 2. The molecule has 3 heterocycles. The minimum absolute atomic E-state index is 0.852. The maximum atomic E-state index is 4.99. The van der Waals surface area contributed by atoms with Gasteiger partial charge in [-0.2, -0.15) is 0 Å². The summed E-state index contributed by atoms with van der Waals surface area (Å²) in [6, 6.07) is 11.0. The minimum Gasteiger partial charge on any atom is -0.371 e. The average Bonchev–Trinajstić information content (AvgIpc) is 2.62. The molecule has 2 fully saturated rings. The normalized spacial score (nSPS) is 20.8. The molecule has 3 nitrogen and oxygen atoms in total. The fraction of sp³-hybridized carbons (Fsp3) is 0.571. The molecule has 0 unspecified atom stereocenters. The van der Waals surface area contributed by atoms with Crippen LogP contribution in [0.2, 0.25) is 0 Å². The quantitative estimate of drug-likeness (QED) is 0.798.